The van der Waals surface area contributed by atoms with Crippen molar-refractivity contribution >= 4 is 44.3 Å². The molecule has 7 heavy (non-hydrogen) atoms. The number of alkyl halides is 3. The van der Waals surface area contributed by atoms with Crippen LogP contribution in [-0.2, 0) is 0 Å². The summed E-state index contributed by atoms with van der Waals surface area (Å²) < 4.78 is -0.894. The van der Waals surface area contributed by atoms with Gasteiger partial charge in [0.25, 0.3) is 0 Å². The maximum atomic E-state index is 5.43. The Hall–Kier alpha value is 1.09. The van der Waals surface area contributed by atoms with Crippen LogP contribution in [0.2, 0.25) is 6.04 Å². The van der Waals surface area contributed by atoms with Crippen molar-refractivity contribution in [3.8, 4) is 0 Å². The molecule has 0 spiro atoms. The van der Waals surface area contributed by atoms with E-state index in [1.165, 1.54) is 0 Å². The van der Waals surface area contributed by atoms with E-state index in [2.05, 4.69) is 0 Å². The van der Waals surface area contributed by atoms with Crippen LogP contribution in [0.1, 0.15) is 6.92 Å². The van der Waals surface area contributed by atoms with Gasteiger partial charge in [0.05, 0.1) is 9.52 Å². The lowest BCUT2D eigenvalue weighted by Crippen LogP contribution is -2.11. The fourth-order valence-electron chi connectivity index (χ4n) is 0.283. The van der Waals surface area contributed by atoms with Crippen molar-refractivity contribution in [1.82, 2.24) is 0 Å². The highest BCUT2D eigenvalue weighted by Gasteiger charge is 2.16. The number of halogens is 3. The van der Waals surface area contributed by atoms with E-state index in [1.54, 1.807) is 0 Å². The first-order chi connectivity index (χ1) is 3.06. The fourth-order valence-corrected chi connectivity index (χ4v) is 2.55. The molecule has 0 radical (unpaired) electrons. The summed E-state index contributed by atoms with van der Waals surface area (Å²) in [6, 6.07) is 1.05. The molecule has 0 aliphatic rings. The summed E-state index contributed by atoms with van der Waals surface area (Å²) in [5.41, 5.74) is 0. The first-order valence-electron chi connectivity index (χ1n) is 2.13. The van der Waals surface area contributed by atoms with Crippen LogP contribution in [0, 0.1) is 0 Å². The summed E-state index contributed by atoms with van der Waals surface area (Å²) in [6.07, 6.45) is 0. The van der Waals surface area contributed by atoms with Crippen LogP contribution in [0.4, 0.5) is 0 Å². The molecule has 0 bridgehead atoms. The van der Waals surface area contributed by atoms with Gasteiger partial charge in [-0.2, -0.15) is 0 Å². The summed E-state index contributed by atoms with van der Waals surface area (Å²) in [6.45, 7) is 2.04. The quantitative estimate of drug-likeness (QED) is 0.424. The van der Waals surface area contributed by atoms with Crippen LogP contribution >= 0.6 is 34.8 Å². The van der Waals surface area contributed by atoms with Crippen molar-refractivity contribution in [2.24, 2.45) is 0 Å². The number of rotatable bonds is 1. The molecule has 0 saturated heterocycles. The van der Waals surface area contributed by atoms with Gasteiger partial charge < -0.3 is 0 Å². The van der Waals surface area contributed by atoms with Gasteiger partial charge in [0.15, 0.2) is 3.42 Å². The lowest BCUT2D eigenvalue weighted by molar-refractivity contribution is 1.41. The second kappa shape index (κ2) is 3.18. The number of hydrogen-bond acceptors (Lipinski definition) is 0. The third-order valence-corrected chi connectivity index (χ3v) is 3.30. The van der Waals surface area contributed by atoms with Crippen molar-refractivity contribution in [2.45, 2.75) is 16.4 Å². The average molecular weight is 178 g/mol. The zero-order valence-electron chi connectivity index (χ0n) is 4.05. The van der Waals surface area contributed by atoms with Crippen LogP contribution in [0.25, 0.3) is 0 Å². The van der Waals surface area contributed by atoms with Gasteiger partial charge in [-0.3, -0.25) is 0 Å². The molecule has 0 fully saturated rings. The minimum atomic E-state index is -0.894. The Labute approximate surface area is 61.0 Å². The molecule has 0 rings (SSSR count). The maximum Gasteiger partial charge on any atom is 0.169 e. The van der Waals surface area contributed by atoms with E-state index < -0.39 is 12.9 Å². The van der Waals surface area contributed by atoms with E-state index in [0.29, 0.717) is 0 Å². The van der Waals surface area contributed by atoms with E-state index in [4.69, 9.17) is 34.8 Å². The van der Waals surface area contributed by atoms with Crippen molar-refractivity contribution in [1.29, 1.82) is 0 Å². The largest absolute Gasteiger partial charge is 0.169 e. The van der Waals surface area contributed by atoms with Crippen molar-refractivity contribution < 1.29 is 0 Å². The highest BCUT2D eigenvalue weighted by atomic mass is 35.6. The standard InChI is InChI=1S/C3H7Cl3Si/c1-2-7-3(4,5)6/h2,7H2,1H3. The average Bonchev–Trinajstić information content (AvgIpc) is 1.30. The topological polar surface area (TPSA) is 0 Å². The second-order valence-electron chi connectivity index (χ2n) is 1.37. The molecule has 0 nitrogen and oxygen atoms in total. The number of hydrogen-bond donors (Lipinski definition) is 0. The molecule has 0 heterocycles. The Kier molecular flexibility index (Phi) is 3.67. The molecule has 0 atom stereocenters. The SMILES string of the molecule is CC[SiH2]C(Cl)(Cl)Cl. The van der Waals surface area contributed by atoms with E-state index in [9.17, 15) is 0 Å². The van der Waals surface area contributed by atoms with Gasteiger partial charge in [0.2, 0.25) is 0 Å². The summed E-state index contributed by atoms with van der Waals surface area (Å²) >= 11 is 16.3. The van der Waals surface area contributed by atoms with E-state index in [1.807, 2.05) is 6.92 Å². The van der Waals surface area contributed by atoms with Gasteiger partial charge in [0.1, 0.15) is 0 Å². The Balaban J connectivity index is 3.15. The predicted molar refractivity (Wildman–Crippen MR) is 39.3 cm³/mol. The summed E-state index contributed by atoms with van der Waals surface area (Å²) in [4.78, 5) is 0. The van der Waals surface area contributed by atoms with Crippen LogP contribution in [-0.4, -0.2) is 12.9 Å². The van der Waals surface area contributed by atoms with Gasteiger partial charge in [0, 0.05) is 0 Å². The highest BCUT2D eigenvalue weighted by molar-refractivity contribution is 6.87. The van der Waals surface area contributed by atoms with Crippen LogP contribution < -0.4 is 0 Å². The Bertz CT molecular complexity index is 48.6. The lowest BCUT2D eigenvalue weighted by Gasteiger charge is -2.05. The lowest BCUT2D eigenvalue weighted by atomic mass is 11.0. The smallest absolute Gasteiger partial charge is 0.0890 e. The van der Waals surface area contributed by atoms with Gasteiger partial charge >= 0.3 is 0 Å². The van der Waals surface area contributed by atoms with Crippen LogP contribution in [0.3, 0.4) is 0 Å². The molecule has 0 aliphatic heterocycles. The second-order valence-corrected chi connectivity index (χ2v) is 7.79. The minimum Gasteiger partial charge on any atom is -0.0890 e. The molecule has 4 heteroatoms. The van der Waals surface area contributed by atoms with Gasteiger partial charge in [-0.05, 0) is 0 Å². The molecular formula is C3H7Cl3Si. The molecule has 0 N–H and O–H groups in total. The van der Waals surface area contributed by atoms with Gasteiger partial charge in [-0.1, -0.05) is 47.8 Å². The molecule has 0 aromatic carbocycles. The van der Waals surface area contributed by atoms with E-state index in [-0.39, 0.29) is 0 Å². The maximum absolute atomic E-state index is 5.43. The van der Waals surface area contributed by atoms with Crippen molar-refractivity contribution in [2.75, 3.05) is 0 Å². The zero-order chi connectivity index (χ0) is 5.91. The molecule has 0 aromatic heterocycles. The summed E-state index contributed by atoms with van der Waals surface area (Å²) in [5, 5.41) is 0. The predicted octanol–water partition coefficient (Wildman–Crippen LogP) is 1.92. The van der Waals surface area contributed by atoms with E-state index >= 15 is 0 Å². The fraction of sp³-hybridized carbons (Fsp3) is 1.00. The molecular weight excluding hydrogens is 170 g/mol. The van der Waals surface area contributed by atoms with Crippen molar-refractivity contribution in [3.05, 3.63) is 0 Å². The molecule has 0 saturated carbocycles. The third kappa shape index (κ3) is 7.09. The molecule has 0 unspecified atom stereocenters. The molecule has 0 aromatic rings. The molecule has 0 amide bonds. The summed E-state index contributed by atoms with van der Waals surface area (Å²) in [5.74, 6) is 0. The third-order valence-electron chi connectivity index (χ3n) is 0.533. The molecule has 44 valence electrons. The summed E-state index contributed by atoms with van der Waals surface area (Å²) in [7, 11) is -0.444. The van der Waals surface area contributed by atoms with Gasteiger partial charge in [-0.15, -0.1) is 0 Å². The Morgan fingerprint density at radius 2 is 1.86 bits per heavy atom. The zero-order valence-corrected chi connectivity index (χ0v) is 7.73. The normalized spacial score (nSPS) is 13.7. The van der Waals surface area contributed by atoms with Crippen molar-refractivity contribution in [3.63, 3.8) is 0 Å². The first-order valence-corrected chi connectivity index (χ1v) is 4.97. The molecule has 0 aliphatic carbocycles. The highest BCUT2D eigenvalue weighted by Crippen LogP contribution is 2.24. The first kappa shape index (κ1) is 8.09. The Morgan fingerprint density at radius 1 is 1.43 bits per heavy atom. The Morgan fingerprint density at radius 3 is 1.86 bits per heavy atom. The van der Waals surface area contributed by atoms with Crippen LogP contribution in [0.15, 0.2) is 0 Å². The van der Waals surface area contributed by atoms with Gasteiger partial charge in [-0.25, -0.2) is 0 Å². The monoisotopic (exact) mass is 176 g/mol. The van der Waals surface area contributed by atoms with Crippen LogP contribution in [0.5, 0.6) is 0 Å². The minimum absolute atomic E-state index is 0.444. The van der Waals surface area contributed by atoms with E-state index in [0.717, 1.165) is 6.04 Å².